The van der Waals surface area contributed by atoms with E-state index in [-0.39, 0.29) is 5.56 Å². The molecule has 15 heavy (non-hydrogen) atoms. The number of hydrogen-bond acceptors (Lipinski definition) is 2. The van der Waals surface area contributed by atoms with Crippen molar-refractivity contribution in [3.63, 3.8) is 0 Å². The molecule has 1 aromatic carbocycles. The molecule has 3 nitrogen and oxygen atoms in total. The van der Waals surface area contributed by atoms with E-state index < -0.39 is 24.5 Å². The number of halogens is 3. The maximum Gasteiger partial charge on any atom is 0.346 e. The van der Waals surface area contributed by atoms with E-state index in [9.17, 15) is 18.0 Å². The molecule has 0 heterocycles. The number of carboxylic acids is 1. The van der Waals surface area contributed by atoms with Crippen LogP contribution in [0, 0.1) is 5.82 Å². The zero-order valence-electron chi connectivity index (χ0n) is 7.36. The standard InChI is InChI=1S/C9H7F3O3/c10-6-3-1-5(2-4-6)7(8(13)14)15-9(11)12/h1-4,7,9H,(H,13,14). The first-order valence-corrected chi connectivity index (χ1v) is 3.92. The summed E-state index contributed by atoms with van der Waals surface area (Å²) in [4.78, 5) is 10.6. The average Bonchev–Trinajstić information content (AvgIpc) is 2.15. The van der Waals surface area contributed by atoms with E-state index in [0.717, 1.165) is 24.3 Å². The zero-order valence-corrected chi connectivity index (χ0v) is 7.36. The minimum atomic E-state index is -3.20. The molecule has 1 rings (SSSR count). The van der Waals surface area contributed by atoms with Crippen LogP contribution < -0.4 is 0 Å². The van der Waals surface area contributed by atoms with Crippen molar-refractivity contribution in [3.8, 4) is 0 Å². The van der Waals surface area contributed by atoms with Gasteiger partial charge in [-0.2, -0.15) is 8.78 Å². The third-order valence-electron chi connectivity index (χ3n) is 1.64. The summed E-state index contributed by atoms with van der Waals surface area (Å²) < 4.78 is 40.1. The van der Waals surface area contributed by atoms with Crippen LogP contribution in [-0.4, -0.2) is 17.7 Å². The van der Waals surface area contributed by atoms with Gasteiger partial charge in [-0.25, -0.2) is 9.18 Å². The quantitative estimate of drug-likeness (QED) is 0.845. The van der Waals surface area contributed by atoms with Crippen LogP contribution in [0.25, 0.3) is 0 Å². The lowest BCUT2D eigenvalue weighted by atomic mass is 10.1. The number of benzene rings is 1. The molecule has 0 aliphatic heterocycles. The van der Waals surface area contributed by atoms with Crippen LogP contribution in [0.2, 0.25) is 0 Å². The highest BCUT2D eigenvalue weighted by Crippen LogP contribution is 2.20. The number of carboxylic acid groups (broad SMARTS) is 1. The van der Waals surface area contributed by atoms with Gasteiger partial charge in [0.1, 0.15) is 5.82 Å². The molecule has 1 atom stereocenters. The molecule has 1 unspecified atom stereocenters. The highest BCUT2D eigenvalue weighted by atomic mass is 19.3. The predicted octanol–water partition coefficient (Wildman–Crippen LogP) is 2.19. The molecule has 0 saturated heterocycles. The number of alkyl halides is 2. The highest BCUT2D eigenvalue weighted by Gasteiger charge is 2.24. The van der Waals surface area contributed by atoms with Crippen LogP contribution in [0.5, 0.6) is 0 Å². The van der Waals surface area contributed by atoms with Crippen molar-refractivity contribution in [3.05, 3.63) is 35.6 Å². The Hall–Kier alpha value is -1.56. The molecule has 82 valence electrons. The molecule has 0 spiro atoms. The van der Waals surface area contributed by atoms with Gasteiger partial charge in [0.2, 0.25) is 0 Å². The highest BCUT2D eigenvalue weighted by molar-refractivity contribution is 5.74. The van der Waals surface area contributed by atoms with Gasteiger partial charge >= 0.3 is 12.6 Å². The topological polar surface area (TPSA) is 46.5 Å². The lowest BCUT2D eigenvalue weighted by Gasteiger charge is -2.12. The van der Waals surface area contributed by atoms with Gasteiger partial charge in [-0.15, -0.1) is 0 Å². The fourth-order valence-electron chi connectivity index (χ4n) is 1.02. The first-order chi connectivity index (χ1) is 7.00. The van der Waals surface area contributed by atoms with Crippen LogP contribution in [0.3, 0.4) is 0 Å². The van der Waals surface area contributed by atoms with E-state index >= 15 is 0 Å². The molecule has 6 heteroatoms. The second-order valence-corrected chi connectivity index (χ2v) is 2.67. The molecular formula is C9H7F3O3. The molecule has 0 aromatic heterocycles. The average molecular weight is 220 g/mol. The van der Waals surface area contributed by atoms with Gasteiger partial charge in [-0.3, -0.25) is 0 Å². The van der Waals surface area contributed by atoms with E-state index in [0.29, 0.717) is 0 Å². The molecule has 0 amide bonds. The number of carbonyl (C=O) groups is 1. The van der Waals surface area contributed by atoms with Gasteiger partial charge in [0.15, 0.2) is 6.10 Å². The molecule has 0 aliphatic rings. The first kappa shape index (κ1) is 11.5. The third kappa shape index (κ3) is 3.25. The fraction of sp³-hybridized carbons (Fsp3) is 0.222. The zero-order chi connectivity index (χ0) is 11.4. The Morgan fingerprint density at radius 1 is 1.27 bits per heavy atom. The van der Waals surface area contributed by atoms with Gasteiger partial charge in [-0.05, 0) is 17.7 Å². The Morgan fingerprint density at radius 3 is 2.20 bits per heavy atom. The number of hydrogen-bond donors (Lipinski definition) is 1. The van der Waals surface area contributed by atoms with Gasteiger partial charge < -0.3 is 9.84 Å². The minimum absolute atomic E-state index is 0.0378. The second-order valence-electron chi connectivity index (χ2n) is 2.67. The second kappa shape index (κ2) is 4.79. The maximum atomic E-state index is 12.5. The Morgan fingerprint density at radius 2 is 1.80 bits per heavy atom. The summed E-state index contributed by atoms with van der Waals surface area (Å²) in [5, 5.41) is 8.59. The van der Waals surface area contributed by atoms with Crippen LogP contribution in [0.1, 0.15) is 11.7 Å². The van der Waals surface area contributed by atoms with Gasteiger partial charge in [0, 0.05) is 0 Å². The molecule has 0 fully saturated rings. The summed E-state index contributed by atoms with van der Waals surface area (Å²) in [6, 6.07) is 4.10. The smallest absolute Gasteiger partial charge is 0.346 e. The van der Waals surface area contributed by atoms with Gasteiger partial charge in [-0.1, -0.05) is 12.1 Å². The van der Waals surface area contributed by atoms with Crippen molar-refractivity contribution >= 4 is 5.97 Å². The van der Waals surface area contributed by atoms with E-state index in [1.165, 1.54) is 0 Å². The summed E-state index contributed by atoms with van der Waals surface area (Å²) in [5.74, 6) is -2.14. The van der Waals surface area contributed by atoms with Gasteiger partial charge in [0.25, 0.3) is 0 Å². The van der Waals surface area contributed by atoms with Crippen LogP contribution >= 0.6 is 0 Å². The van der Waals surface area contributed by atoms with E-state index in [2.05, 4.69) is 4.74 Å². The van der Waals surface area contributed by atoms with E-state index in [1.54, 1.807) is 0 Å². The van der Waals surface area contributed by atoms with Crippen molar-refractivity contribution < 1.29 is 27.8 Å². The number of rotatable bonds is 4. The molecule has 0 radical (unpaired) electrons. The monoisotopic (exact) mass is 220 g/mol. The largest absolute Gasteiger partial charge is 0.479 e. The van der Waals surface area contributed by atoms with E-state index in [4.69, 9.17) is 5.11 Å². The van der Waals surface area contributed by atoms with Crippen LogP contribution in [-0.2, 0) is 9.53 Å². The third-order valence-corrected chi connectivity index (χ3v) is 1.64. The molecule has 1 aromatic rings. The summed E-state index contributed by atoms with van der Waals surface area (Å²) in [6.07, 6.45) is -1.79. The number of ether oxygens (including phenoxy) is 1. The molecule has 1 N–H and O–H groups in total. The molecule has 0 saturated carbocycles. The van der Waals surface area contributed by atoms with E-state index in [1.807, 2.05) is 0 Å². The lowest BCUT2D eigenvalue weighted by molar-refractivity contribution is -0.188. The maximum absolute atomic E-state index is 12.5. The SMILES string of the molecule is O=C(O)C(OC(F)F)c1ccc(F)cc1. The van der Waals surface area contributed by atoms with Crippen LogP contribution in [0.15, 0.2) is 24.3 Å². The molecule has 0 bridgehead atoms. The van der Waals surface area contributed by atoms with Crippen LogP contribution in [0.4, 0.5) is 13.2 Å². The first-order valence-electron chi connectivity index (χ1n) is 3.92. The molecule has 0 aliphatic carbocycles. The van der Waals surface area contributed by atoms with Crippen molar-refractivity contribution in [2.45, 2.75) is 12.7 Å². The summed E-state index contributed by atoms with van der Waals surface area (Å²) in [6.45, 7) is -3.20. The number of aliphatic carboxylic acids is 1. The van der Waals surface area contributed by atoms with Crippen molar-refractivity contribution in [1.82, 2.24) is 0 Å². The Labute approximate surface area is 83.1 Å². The summed E-state index contributed by atoms with van der Waals surface area (Å²) in [7, 11) is 0. The Balaban J connectivity index is 2.89. The van der Waals surface area contributed by atoms with Gasteiger partial charge in [0.05, 0.1) is 0 Å². The predicted molar refractivity (Wildman–Crippen MR) is 43.9 cm³/mol. The lowest BCUT2D eigenvalue weighted by Crippen LogP contribution is -2.17. The van der Waals surface area contributed by atoms with Crippen molar-refractivity contribution in [2.24, 2.45) is 0 Å². The fourth-order valence-corrected chi connectivity index (χ4v) is 1.02. The normalized spacial score (nSPS) is 12.8. The Kier molecular flexibility index (Phi) is 3.68. The summed E-state index contributed by atoms with van der Waals surface area (Å²) >= 11 is 0. The summed E-state index contributed by atoms with van der Waals surface area (Å²) in [5.41, 5.74) is -0.0378. The molecular weight excluding hydrogens is 213 g/mol. The van der Waals surface area contributed by atoms with Crippen molar-refractivity contribution in [2.75, 3.05) is 0 Å². The minimum Gasteiger partial charge on any atom is -0.479 e. The Bertz CT molecular complexity index is 337. The van der Waals surface area contributed by atoms with Crippen molar-refractivity contribution in [1.29, 1.82) is 0 Å².